The van der Waals surface area contributed by atoms with Crippen molar-refractivity contribution in [2.45, 2.75) is 31.2 Å². The normalized spacial score (nSPS) is 11.8. The van der Waals surface area contributed by atoms with Gasteiger partial charge in [0.1, 0.15) is 5.60 Å². The van der Waals surface area contributed by atoms with Crippen molar-refractivity contribution in [3.63, 3.8) is 0 Å². The SMILES string of the molecule is CC(C)(O)C#Cc1ccccc1C(=O)N[C@H](CSCc1ccccc1)C(=O)[O-]. The van der Waals surface area contributed by atoms with E-state index < -0.39 is 23.5 Å². The molecule has 2 aromatic rings. The number of carbonyl (C=O) groups is 2. The summed E-state index contributed by atoms with van der Waals surface area (Å²) in [6, 6.07) is 15.1. The van der Waals surface area contributed by atoms with E-state index in [1.165, 1.54) is 11.8 Å². The molecule has 0 saturated carbocycles. The fraction of sp³-hybridized carbons (Fsp3) is 0.273. The summed E-state index contributed by atoms with van der Waals surface area (Å²) < 4.78 is 0. The maximum Gasteiger partial charge on any atom is 0.253 e. The molecule has 0 aliphatic heterocycles. The van der Waals surface area contributed by atoms with Crippen LogP contribution in [0, 0.1) is 11.8 Å². The van der Waals surface area contributed by atoms with E-state index in [4.69, 9.17) is 0 Å². The molecule has 1 amide bonds. The zero-order chi connectivity index (χ0) is 20.6. The number of hydrogen-bond acceptors (Lipinski definition) is 5. The van der Waals surface area contributed by atoms with Crippen molar-refractivity contribution in [2.24, 2.45) is 0 Å². The van der Waals surface area contributed by atoms with Gasteiger partial charge >= 0.3 is 0 Å². The van der Waals surface area contributed by atoms with Crippen LogP contribution < -0.4 is 10.4 Å². The summed E-state index contributed by atoms with van der Waals surface area (Å²) in [4.78, 5) is 24.0. The number of carbonyl (C=O) groups excluding carboxylic acids is 2. The van der Waals surface area contributed by atoms with Crippen molar-refractivity contribution in [3.05, 3.63) is 71.3 Å². The highest BCUT2D eigenvalue weighted by atomic mass is 32.2. The summed E-state index contributed by atoms with van der Waals surface area (Å²) in [7, 11) is 0. The molecule has 6 heteroatoms. The average Bonchev–Trinajstić information content (AvgIpc) is 2.66. The smallest absolute Gasteiger partial charge is 0.253 e. The first kappa shape index (κ1) is 21.5. The Kier molecular flexibility index (Phi) is 7.68. The van der Waals surface area contributed by atoms with Gasteiger partial charge in [-0.2, -0.15) is 11.8 Å². The van der Waals surface area contributed by atoms with Crippen LogP contribution in [0.15, 0.2) is 54.6 Å². The highest BCUT2D eigenvalue weighted by molar-refractivity contribution is 7.98. The lowest BCUT2D eigenvalue weighted by Crippen LogP contribution is -2.49. The lowest BCUT2D eigenvalue weighted by molar-refractivity contribution is -0.307. The maximum absolute atomic E-state index is 12.6. The Morgan fingerprint density at radius 3 is 2.43 bits per heavy atom. The molecule has 2 rings (SSSR count). The van der Waals surface area contributed by atoms with Crippen molar-refractivity contribution >= 4 is 23.6 Å². The molecule has 0 spiro atoms. The second-order valence-corrected chi connectivity index (χ2v) is 7.73. The van der Waals surface area contributed by atoms with Gasteiger partial charge in [-0.25, -0.2) is 0 Å². The molecule has 0 fully saturated rings. The van der Waals surface area contributed by atoms with E-state index in [2.05, 4.69) is 17.2 Å². The third-order valence-electron chi connectivity index (χ3n) is 3.66. The molecule has 2 aromatic carbocycles. The monoisotopic (exact) mass is 396 g/mol. The van der Waals surface area contributed by atoms with E-state index >= 15 is 0 Å². The quantitative estimate of drug-likeness (QED) is 0.694. The van der Waals surface area contributed by atoms with Gasteiger partial charge in [-0.15, -0.1) is 0 Å². The third-order valence-corrected chi connectivity index (χ3v) is 4.77. The fourth-order valence-electron chi connectivity index (χ4n) is 2.28. The Morgan fingerprint density at radius 1 is 1.14 bits per heavy atom. The minimum atomic E-state index is -1.34. The minimum absolute atomic E-state index is 0.181. The molecule has 1 atom stereocenters. The number of benzene rings is 2. The average molecular weight is 396 g/mol. The number of rotatable bonds is 7. The van der Waals surface area contributed by atoms with Crippen LogP contribution in [-0.4, -0.2) is 34.4 Å². The van der Waals surface area contributed by atoms with E-state index in [1.54, 1.807) is 38.1 Å². The Bertz CT molecular complexity index is 879. The predicted molar refractivity (Wildman–Crippen MR) is 108 cm³/mol. The van der Waals surface area contributed by atoms with Crippen LogP contribution in [0.4, 0.5) is 0 Å². The van der Waals surface area contributed by atoms with Crippen LogP contribution in [-0.2, 0) is 10.5 Å². The molecule has 146 valence electrons. The Morgan fingerprint density at radius 2 is 1.79 bits per heavy atom. The zero-order valence-corrected chi connectivity index (χ0v) is 16.6. The van der Waals surface area contributed by atoms with E-state index in [0.29, 0.717) is 11.3 Å². The van der Waals surface area contributed by atoms with Gasteiger partial charge in [0.25, 0.3) is 5.91 Å². The number of nitrogens with one attached hydrogen (secondary N) is 1. The van der Waals surface area contributed by atoms with E-state index in [0.717, 1.165) is 5.56 Å². The van der Waals surface area contributed by atoms with E-state index in [1.807, 2.05) is 30.3 Å². The van der Waals surface area contributed by atoms with Crippen LogP contribution in [0.1, 0.15) is 35.3 Å². The van der Waals surface area contributed by atoms with Crippen molar-refractivity contribution < 1.29 is 19.8 Å². The van der Waals surface area contributed by atoms with Gasteiger partial charge in [0, 0.05) is 17.1 Å². The standard InChI is InChI=1S/C22H23NO4S/c1-22(2,27)13-12-17-10-6-7-11-18(17)20(24)23-19(21(25)26)15-28-14-16-8-4-3-5-9-16/h3-11,19,27H,14-15H2,1-2H3,(H,23,24)(H,25,26)/p-1/t19-/m1/s1. The molecule has 2 N–H and O–H groups in total. The molecule has 0 bridgehead atoms. The Balaban J connectivity index is 2.06. The number of carboxylic acids is 1. The summed E-state index contributed by atoms with van der Waals surface area (Å²) in [5.41, 5.74) is 0.531. The molecule has 0 aliphatic carbocycles. The topological polar surface area (TPSA) is 89.5 Å². The molecule has 0 unspecified atom stereocenters. The third kappa shape index (κ3) is 7.10. The van der Waals surface area contributed by atoms with Gasteiger partial charge in [0.05, 0.1) is 17.6 Å². The molecular weight excluding hydrogens is 374 g/mol. The number of amides is 1. The number of aliphatic hydroxyl groups is 1. The van der Waals surface area contributed by atoms with Crippen molar-refractivity contribution in [1.29, 1.82) is 0 Å². The first-order valence-electron chi connectivity index (χ1n) is 8.74. The van der Waals surface area contributed by atoms with E-state index in [9.17, 15) is 19.8 Å². The van der Waals surface area contributed by atoms with Crippen LogP contribution in [0.3, 0.4) is 0 Å². The van der Waals surface area contributed by atoms with Crippen LogP contribution in [0.2, 0.25) is 0 Å². The lowest BCUT2D eigenvalue weighted by Gasteiger charge is -2.20. The summed E-state index contributed by atoms with van der Waals surface area (Å²) >= 11 is 1.40. The molecule has 0 heterocycles. The summed E-state index contributed by atoms with van der Waals surface area (Å²) in [5.74, 6) is 4.36. The molecule has 0 aromatic heterocycles. The number of hydrogen-bond donors (Lipinski definition) is 2. The number of thioether (sulfide) groups is 1. The van der Waals surface area contributed by atoms with Crippen molar-refractivity contribution in [1.82, 2.24) is 5.32 Å². The molecule has 0 aliphatic rings. The summed E-state index contributed by atoms with van der Waals surface area (Å²) in [5, 5.41) is 23.7. The maximum atomic E-state index is 12.6. The van der Waals surface area contributed by atoms with E-state index in [-0.39, 0.29) is 11.3 Å². The van der Waals surface area contributed by atoms with Gasteiger partial charge in [0.15, 0.2) is 0 Å². The van der Waals surface area contributed by atoms with Gasteiger partial charge in [-0.05, 0) is 31.5 Å². The molecule has 0 radical (unpaired) electrons. The molecule has 5 nitrogen and oxygen atoms in total. The van der Waals surface area contributed by atoms with Crippen LogP contribution in [0.25, 0.3) is 0 Å². The van der Waals surface area contributed by atoms with Crippen molar-refractivity contribution in [3.8, 4) is 11.8 Å². The highest BCUT2D eigenvalue weighted by Crippen LogP contribution is 2.14. The van der Waals surface area contributed by atoms with Gasteiger partial charge in [0.2, 0.25) is 0 Å². The number of carboxylic acid groups (broad SMARTS) is 1. The Hall–Kier alpha value is -2.75. The second-order valence-electron chi connectivity index (χ2n) is 6.70. The van der Waals surface area contributed by atoms with Gasteiger partial charge in [-0.3, -0.25) is 4.79 Å². The zero-order valence-electron chi connectivity index (χ0n) is 15.8. The number of aliphatic carboxylic acids is 1. The summed E-state index contributed by atoms with van der Waals surface area (Å²) in [6.45, 7) is 3.08. The summed E-state index contributed by atoms with van der Waals surface area (Å²) in [6.07, 6.45) is 0. The first-order valence-corrected chi connectivity index (χ1v) is 9.90. The minimum Gasteiger partial charge on any atom is -0.548 e. The first-order chi connectivity index (χ1) is 13.3. The second kappa shape index (κ2) is 9.98. The van der Waals surface area contributed by atoms with Crippen molar-refractivity contribution in [2.75, 3.05) is 5.75 Å². The molecule has 0 saturated heterocycles. The van der Waals surface area contributed by atoms with Gasteiger partial charge in [-0.1, -0.05) is 54.3 Å². The van der Waals surface area contributed by atoms with Crippen LogP contribution >= 0.6 is 11.8 Å². The van der Waals surface area contributed by atoms with Gasteiger partial charge < -0.3 is 20.3 Å². The highest BCUT2D eigenvalue weighted by Gasteiger charge is 2.17. The molecule has 28 heavy (non-hydrogen) atoms. The largest absolute Gasteiger partial charge is 0.548 e. The van der Waals surface area contributed by atoms with Crippen LogP contribution in [0.5, 0.6) is 0 Å². The Labute approximate surface area is 169 Å². The predicted octanol–water partition coefficient (Wildman–Crippen LogP) is 1.59. The molecular formula is C22H22NO4S-. The lowest BCUT2D eigenvalue weighted by atomic mass is 10.0. The fourth-order valence-corrected chi connectivity index (χ4v) is 3.29.